The molecule has 1 atom stereocenters. The summed E-state index contributed by atoms with van der Waals surface area (Å²) in [6, 6.07) is 8.29. The minimum absolute atomic E-state index is 0.00350. The number of carbonyl (C=O) groups is 1. The van der Waals surface area contributed by atoms with Crippen molar-refractivity contribution in [1.29, 1.82) is 0 Å². The van der Waals surface area contributed by atoms with Gasteiger partial charge in [0.1, 0.15) is 0 Å². The second-order valence-electron chi connectivity index (χ2n) is 5.01. The summed E-state index contributed by atoms with van der Waals surface area (Å²) in [4.78, 5) is 11.3. The molecule has 0 aromatic heterocycles. The highest BCUT2D eigenvalue weighted by Gasteiger charge is 2.08. The highest BCUT2D eigenvalue weighted by Crippen LogP contribution is 2.16. The zero-order valence-electron chi connectivity index (χ0n) is 12.3. The van der Waals surface area contributed by atoms with Crippen LogP contribution in [0.4, 0.5) is 0 Å². The molecule has 0 heterocycles. The van der Waals surface area contributed by atoms with Crippen molar-refractivity contribution in [1.82, 2.24) is 5.32 Å². The van der Waals surface area contributed by atoms with Crippen LogP contribution in [-0.4, -0.2) is 5.91 Å². The number of hydrogen-bond acceptors (Lipinski definition) is 1. The summed E-state index contributed by atoms with van der Waals surface area (Å²) < 4.78 is 0. The molecule has 0 fully saturated rings. The van der Waals surface area contributed by atoms with Crippen molar-refractivity contribution in [2.75, 3.05) is 0 Å². The summed E-state index contributed by atoms with van der Waals surface area (Å²) in [5.41, 5.74) is 2.37. The molecular weight excluding hydrogens is 234 g/mol. The van der Waals surface area contributed by atoms with Gasteiger partial charge in [-0.05, 0) is 25.3 Å². The molecule has 19 heavy (non-hydrogen) atoms. The molecule has 1 amide bonds. The monoisotopic (exact) mass is 259 g/mol. The minimum Gasteiger partial charge on any atom is -0.346 e. The number of hydrogen-bond donors (Lipinski definition) is 1. The molecule has 1 rings (SSSR count). The summed E-state index contributed by atoms with van der Waals surface area (Å²) >= 11 is 0. The molecule has 0 bridgehead atoms. The first-order valence-electron chi connectivity index (χ1n) is 7.13. The lowest BCUT2D eigenvalue weighted by Crippen LogP contribution is -2.24. The highest BCUT2D eigenvalue weighted by molar-refractivity contribution is 5.73. The van der Waals surface area contributed by atoms with Gasteiger partial charge < -0.3 is 5.32 Å². The Morgan fingerprint density at radius 2 is 1.95 bits per heavy atom. The van der Waals surface area contributed by atoms with E-state index in [0.29, 0.717) is 0 Å². The van der Waals surface area contributed by atoms with E-state index in [0.717, 1.165) is 12.0 Å². The second-order valence-corrected chi connectivity index (χ2v) is 5.01. The Morgan fingerprint density at radius 1 is 1.26 bits per heavy atom. The van der Waals surface area contributed by atoms with Gasteiger partial charge in [0.25, 0.3) is 0 Å². The van der Waals surface area contributed by atoms with Crippen LogP contribution in [-0.2, 0) is 4.79 Å². The van der Waals surface area contributed by atoms with Crippen LogP contribution in [0.25, 0.3) is 0 Å². The van der Waals surface area contributed by atoms with Gasteiger partial charge in [-0.3, -0.25) is 4.79 Å². The van der Waals surface area contributed by atoms with E-state index in [9.17, 15) is 4.79 Å². The van der Waals surface area contributed by atoms with Crippen molar-refractivity contribution >= 4 is 5.91 Å². The molecule has 1 N–H and O–H groups in total. The van der Waals surface area contributed by atoms with Gasteiger partial charge in [0.2, 0.25) is 5.91 Å². The lowest BCUT2D eigenvalue weighted by Gasteiger charge is -2.14. The molecule has 0 saturated heterocycles. The van der Waals surface area contributed by atoms with Gasteiger partial charge in [0.15, 0.2) is 0 Å². The molecule has 1 aromatic rings. The van der Waals surface area contributed by atoms with Crippen LogP contribution in [0, 0.1) is 6.92 Å². The Hall–Kier alpha value is -1.57. The number of benzene rings is 1. The van der Waals surface area contributed by atoms with E-state index in [2.05, 4.69) is 55.6 Å². The molecule has 0 spiro atoms. The van der Waals surface area contributed by atoms with Crippen molar-refractivity contribution in [3.63, 3.8) is 0 Å². The third kappa shape index (κ3) is 6.23. The fourth-order valence-electron chi connectivity index (χ4n) is 1.98. The van der Waals surface area contributed by atoms with Gasteiger partial charge in [-0.1, -0.05) is 61.7 Å². The maximum Gasteiger partial charge on any atom is 0.217 e. The number of aryl methyl sites for hydroxylation is 1. The molecule has 2 nitrogen and oxygen atoms in total. The van der Waals surface area contributed by atoms with Crippen molar-refractivity contribution in [2.45, 2.75) is 52.5 Å². The molecule has 0 unspecified atom stereocenters. The van der Waals surface area contributed by atoms with E-state index in [-0.39, 0.29) is 11.9 Å². The minimum atomic E-state index is -0.0141. The molecule has 104 valence electrons. The maximum atomic E-state index is 11.3. The van der Waals surface area contributed by atoms with Crippen molar-refractivity contribution in [2.24, 2.45) is 0 Å². The van der Waals surface area contributed by atoms with Crippen molar-refractivity contribution < 1.29 is 4.79 Å². The third-order valence-electron chi connectivity index (χ3n) is 3.10. The van der Waals surface area contributed by atoms with Crippen LogP contribution in [0.2, 0.25) is 0 Å². The molecular formula is C17H25NO. The van der Waals surface area contributed by atoms with E-state index < -0.39 is 0 Å². The fraction of sp³-hybridized carbons (Fsp3) is 0.471. The van der Waals surface area contributed by atoms with Crippen LogP contribution >= 0.6 is 0 Å². The average molecular weight is 259 g/mol. The largest absolute Gasteiger partial charge is 0.346 e. The Labute approximate surface area is 116 Å². The fourth-order valence-corrected chi connectivity index (χ4v) is 1.98. The Balaban J connectivity index is 2.66. The summed E-state index contributed by atoms with van der Waals surface area (Å²) in [5, 5.41) is 2.98. The van der Waals surface area contributed by atoms with Gasteiger partial charge in [0, 0.05) is 6.92 Å². The third-order valence-corrected chi connectivity index (χ3v) is 3.10. The van der Waals surface area contributed by atoms with Crippen LogP contribution in [0.15, 0.2) is 36.4 Å². The van der Waals surface area contributed by atoms with E-state index >= 15 is 0 Å². The number of nitrogens with one attached hydrogen (secondary N) is 1. The number of allylic oxidation sites excluding steroid dienone is 1. The Bertz CT molecular complexity index is 406. The summed E-state index contributed by atoms with van der Waals surface area (Å²) in [7, 11) is 0. The lowest BCUT2D eigenvalue weighted by molar-refractivity contribution is -0.119. The molecule has 0 saturated carbocycles. The highest BCUT2D eigenvalue weighted by atomic mass is 16.1. The molecule has 0 aliphatic rings. The van der Waals surface area contributed by atoms with Gasteiger partial charge in [-0.15, -0.1) is 0 Å². The van der Waals surface area contributed by atoms with Crippen LogP contribution in [0.3, 0.4) is 0 Å². The normalized spacial score (nSPS) is 12.6. The first kappa shape index (κ1) is 15.5. The number of rotatable bonds is 7. The van der Waals surface area contributed by atoms with E-state index in [4.69, 9.17) is 0 Å². The van der Waals surface area contributed by atoms with Gasteiger partial charge in [0.05, 0.1) is 6.04 Å². The SMILES string of the molecule is CCCCC/C=C/[C@@H](NC(C)=O)c1ccc(C)cc1. The molecule has 0 radical (unpaired) electrons. The first-order valence-corrected chi connectivity index (χ1v) is 7.13. The number of carbonyl (C=O) groups excluding carboxylic acids is 1. The first-order chi connectivity index (χ1) is 9.13. The molecule has 0 aliphatic carbocycles. The van der Waals surface area contributed by atoms with E-state index in [1.807, 2.05) is 0 Å². The molecule has 0 aliphatic heterocycles. The lowest BCUT2D eigenvalue weighted by atomic mass is 10.0. The van der Waals surface area contributed by atoms with Crippen LogP contribution in [0.1, 0.15) is 56.7 Å². The van der Waals surface area contributed by atoms with E-state index in [1.165, 1.54) is 24.8 Å². The summed E-state index contributed by atoms with van der Waals surface area (Å²) in [6.07, 6.45) is 9.07. The van der Waals surface area contributed by atoms with Crippen LogP contribution < -0.4 is 5.32 Å². The summed E-state index contributed by atoms with van der Waals surface area (Å²) in [5.74, 6) is 0.00350. The zero-order chi connectivity index (χ0) is 14.1. The number of unbranched alkanes of at least 4 members (excludes halogenated alkanes) is 3. The topological polar surface area (TPSA) is 29.1 Å². The Kier molecular flexibility index (Phi) is 6.94. The quantitative estimate of drug-likeness (QED) is 0.574. The smallest absolute Gasteiger partial charge is 0.217 e. The van der Waals surface area contributed by atoms with Gasteiger partial charge in [-0.25, -0.2) is 0 Å². The summed E-state index contributed by atoms with van der Waals surface area (Å²) in [6.45, 7) is 5.83. The second kappa shape index (κ2) is 8.52. The average Bonchev–Trinajstić information content (AvgIpc) is 2.38. The van der Waals surface area contributed by atoms with Gasteiger partial charge in [-0.2, -0.15) is 0 Å². The van der Waals surface area contributed by atoms with Crippen molar-refractivity contribution in [3.8, 4) is 0 Å². The van der Waals surface area contributed by atoms with Crippen molar-refractivity contribution in [3.05, 3.63) is 47.5 Å². The van der Waals surface area contributed by atoms with Gasteiger partial charge >= 0.3 is 0 Å². The van der Waals surface area contributed by atoms with E-state index in [1.54, 1.807) is 6.92 Å². The Morgan fingerprint density at radius 3 is 2.53 bits per heavy atom. The molecule has 2 heteroatoms. The number of amides is 1. The van der Waals surface area contributed by atoms with Crippen LogP contribution in [0.5, 0.6) is 0 Å². The zero-order valence-corrected chi connectivity index (χ0v) is 12.3. The maximum absolute atomic E-state index is 11.3. The standard InChI is InChI=1S/C17H25NO/c1-4-5-6-7-8-9-17(18-15(3)19)16-12-10-14(2)11-13-16/h8-13,17H,4-7H2,1-3H3,(H,18,19)/b9-8+/t17-/m1/s1. The predicted molar refractivity (Wildman–Crippen MR) is 81.0 cm³/mol. The predicted octanol–water partition coefficient (Wildman–Crippen LogP) is 4.31. The molecule has 1 aromatic carbocycles.